The van der Waals surface area contributed by atoms with Gasteiger partial charge in [-0.25, -0.2) is 9.78 Å². The van der Waals surface area contributed by atoms with Crippen LogP contribution in [0.15, 0.2) is 41.6 Å². The summed E-state index contributed by atoms with van der Waals surface area (Å²) < 4.78 is 11.6. The molecule has 2 amide bonds. The number of unbranched alkanes of at least 4 members (excludes halogenated alkanes) is 2. The zero-order chi connectivity index (χ0) is 29.8. The highest BCUT2D eigenvalue weighted by Crippen LogP contribution is 2.34. The molecular weight excluding hydrogens is 558 g/mol. The lowest BCUT2D eigenvalue weighted by Gasteiger charge is -2.25. The first kappa shape index (κ1) is 33.1. The first-order chi connectivity index (χ1) is 19.6. The Hall–Kier alpha value is -2.43. The summed E-state index contributed by atoms with van der Waals surface area (Å²) in [5.41, 5.74) is 1.86. The second-order valence-corrected chi connectivity index (χ2v) is 14.4. The number of amides is 2. The molecule has 1 aromatic carbocycles. The standard InChI is InChI=1S/C31H45N3O5S2/c1-22-18-25(29(36)34-16-11-12-24(34)20-35)26(19-27(22)38-17-10-6-8-14-31(3,4)5)33-30(37)39-21-23(2)40-41-28-13-7-9-15-32-28/h7,9,13,15,18-19,23-24,35H,6,8,10-12,14,16-17,20-21H2,1-5H3,(H,33,37)/t23?,24-/m0/s1. The van der Waals surface area contributed by atoms with Crippen molar-refractivity contribution in [2.75, 3.05) is 31.7 Å². The van der Waals surface area contributed by atoms with E-state index in [-0.39, 0.29) is 30.4 Å². The topological polar surface area (TPSA) is 101 Å². The minimum Gasteiger partial charge on any atom is -0.493 e. The summed E-state index contributed by atoms with van der Waals surface area (Å²) in [5.74, 6) is 0.410. The van der Waals surface area contributed by atoms with Gasteiger partial charge in [-0.3, -0.25) is 10.1 Å². The van der Waals surface area contributed by atoms with Crippen LogP contribution in [0.1, 0.15) is 82.1 Å². The highest BCUT2D eigenvalue weighted by atomic mass is 33.1. The van der Waals surface area contributed by atoms with Crippen LogP contribution in [0.25, 0.3) is 0 Å². The van der Waals surface area contributed by atoms with Gasteiger partial charge in [-0.15, -0.1) is 0 Å². The molecule has 0 bridgehead atoms. The van der Waals surface area contributed by atoms with Gasteiger partial charge in [0.25, 0.3) is 5.91 Å². The first-order valence-electron chi connectivity index (χ1n) is 14.4. The number of nitrogens with one attached hydrogen (secondary N) is 1. The number of pyridine rings is 1. The highest BCUT2D eigenvalue weighted by molar-refractivity contribution is 8.76. The number of benzene rings is 1. The maximum absolute atomic E-state index is 13.6. The number of aliphatic hydroxyl groups is 1. The van der Waals surface area contributed by atoms with E-state index in [4.69, 9.17) is 9.47 Å². The van der Waals surface area contributed by atoms with Gasteiger partial charge >= 0.3 is 6.09 Å². The third-order valence-corrected chi connectivity index (χ3v) is 9.60. The van der Waals surface area contributed by atoms with Crippen LogP contribution in [0, 0.1) is 12.3 Å². The molecule has 2 aromatic rings. The number of carbonyl (C=O) groups is 2. The average molecular weight is 604 g/mol. The zero-order valence-electron chi connectivity index (χ0n) is 25.0. The number of hydrogen-bond acceptors (Lipinski definition) is 8. The molecule has 3 rings (SSSR count). The van der Waals surface area contributed by atoms with E-state index in [0.717, 1.165) is 42.7 Å². The van der Waals surface area contributed by atoms with Crippen molar-refractivity contribution in [3.05, 3.63) is 47.7 Å². The summed E-state index contributed by atoms with van der Waals surface area (Å²) in [6.07, 6.45) is 7.04. The molecule has 2 heterocycles. The summed E-state index contributed by atoms with van der Waals surface area (Å²) in [7, 11) is 3.10. The van der Waals surface area contributed by atoms with Crippen LogP contribution >= 0.6 is 21.6 Å². The number of likely N-dealkylation sites (tertiary alicyclic amines) is 1. The van der Waals surface area contributed by atoms with E-state index in [9.17, 15) is 14.7 Å². The van der Waals surface area contributed by atoms with E-state index in [2.05, 4.69) is 31.1 Å². The number of rotatable bonds is 14. The van der Waals surface area contributed by atoms with Crippen molar-refractivity contribution in [2.45, 2.75) is 89.5 Å². The third-order valence-electron chi connectivity index (χ3n) is 6.84. The average Bonchev–Trinajstić information content (AvgIpc) is 3.42. The Labute approximate surface area is 252 Å². The number of aromatic nitrogens is 1. The molecule has 2 atom stereocenters. The predicted molar refractivity (Wildman–Crippen MR) is 168 cm³/mol. The molecule has 1 aromatic heterocycles. The third kappa shape index (κ3) is 11.1. The van der Waals surface area contributed by atoms with Crippen LogP contribution in [0.5, 0.6) is 5.75 Å². The Morgan fingerprint density at radius 3 is 2.73 bits per heavy atom. The van der Waals surface area contributed by atoms with Gasteiger partial charge in [0.15, 0.2) is 0 Å². The smallest absolute Gasteiger partial charge is 0.411 e. The van der Waals surface area contributed by atoms with E-state index in [1.165, 1.54) is 17.2 Å². The zero-order valence-corrected chi connectivity index (χ0v) is 26.6. The molecule has 41 heavy (non-hydrogen) atoms. The Morgan fingerprint density at radius 2 is 2.02 bits per heavy atom. The van der Waals surface area contributed by atoms with E-state index in [1.54, 1.807) is 34.0 Å². The van der Waals surface area contributed by atoms with Crippen molar-refractivity contribution in [3.8, 4) is 5.75 Å². The van der Waals surface area contributed by atoms with Crippen molar-refractivity contribution in [2.24, 2.45) is 5.41 Å². The fourth-order valence-corrected chi connectivity index (χ4v) is 6.46. The molecule has 226 valence electrons. The first-order valence-corrected chi connectivity index (χ1v) is 16.7. The minimum absolute atomic E-state index is 0.0268. The maximum atomic E-state index is 13.6. The van der Waals surface area contributed by atoms with Crippen LogP contribution in [0.4, 0.5) is 10.5 Å². The molecule has 2 N–H and O–H groups in total. The maximum Gasteiger partial charge on any atom is 0.411 e. The molecule has 1 unspecified atom stereocenters. The largest absolute Gasteiger partial charge is 0.493 e. The molecule has 1 fully saturated rings. The monoisotopic (exact) mass is 603 g/mol. The SMILES string of the molecule is Cc1cc(C(=O)N2CCC[C@H]2CO)c(NC(=O)OCC(C)SSc2ccccn2)cc1OCCCCCC(C)(C)C. The lowest BCUT2D eigenvalue weighted by Crippen LogP contribution is -2.38. The summed E-state index contributed by atoms with van der Waals surface area (Å²) in [6.45, 7) is 11.9. The minimum atomic E-state index is -0.633. The Bertz CT molecular complexity index is 1130. The Balaban J connectivity index is 1.65. The second-order valence-electron chi connectivity index (χ2n) is 11.7. The molecule has 10 heteroatoms. The van der Waals surface area contributed by atoms with Crippen LogP contribution in [0.2, 0.25) is 0 Å². The van der Waals surface area contributed by atoms with Gasteiger partial charge in [0.2, 0.25) is 0 Å². The highest BCUT2D eigenvalue weighted by Gasteiger charge is 2.31. The molecule has 1 saturated heterocycles. The molecule has 0 saturated carbocycles. The molecule has 0 aliphatic carbocycles. The number of aliphatic hydroxyl groups excluding tert-OH is 1. The van der Waals surface area contributed by atoms with Crippen LogP contribution in [0.3, 0.4) is 0 Å². The summed E-state index contributed by atoms with van der Waals surface area (Å²) in [5, 5.41) is 13.5. The van der Waals surface area contributed by atoms with E-state index < -0.39 is 6.09 Å². The van der Waals surface area contributed by atoms with Crippen molar-refractivity contribution >= 4 is 39.3 Å². The Morgan fingerprint density at radius 1 is 1.22 bits per heavy atom. The van der Waals surface area contributed by atoms with Crippen LogP contribution in [-0.2, 0) is 4.74 Å². The number of ether oxygens (including phenoxy) is 2. The quantitative estimate of drug-likeness (QED) is 0.171. The summed E-state index contributed by atoms with van der Waals surface area (Å²) in [6, 6.07) is 9.00. The fourth-order valence-electron chi connectivity index (χ4n) is 4.58. The van der Waals surface area contributed by atoms with Crippen LogP contribution in [-0.4, -0.2) is 64.6 Å². The van der Waals surface area contributed by atoms with E-state index in [0.29, 0.717) is 35.6 Å². The van der Waals surface area contributed by atoms with Gasteiger partial charge in [-0.1, -0.05) is 50.5 Å². The number of carbonyl (C=O) groups excluding carboxylic acids is 2. The van der Waals surface area contributed by atoms with Crippen LogP contribution < -0.4 is 10.1 Å². The molecule has 0 radical (unpaired) electrons. The van der Waals surface area contributed by atoms with Crippen molar-refractivity contribution < 1.29 is 24.2 Å². The van der Waals surface area contributed by atoms with Gasteiger partial charge in [-0.05, 0) is 79.5 Å². The van der Waals surface area contributed by atoms with Gasteiger partial charge in [0.1, 0.15) is 17.4 Å². The normalized spacial score (nSPS) is 16.0. The number of nitrogens with zero attached hydrogens (tertiary/aromatic N) is 2. The summed E-state index contributed by atoms with van der Waals surface area (Å²) in [4.78, 5) is 32.4. The molecule has 1 aliphatic heterocycles. The number of anilines is 1. The predicted octanol–water partition coefficient (Wildman–Crippen LogP) is 7.35. The van der Waals surface area contributed by atoms with E-state index >= 15 is 0 Å². The van der Waals surface area contributed by atoms with Crippen molar-refractivity contribution in [1.82, 2.24) is 9.88 Å². The van der Waals surface area contributed by atoms with E-state index in [1.807, 2.05) is 32.0 Å². The van der Waals surface area contributed by atoms with Gasteiger partial charge in [-0.2, -0.15) is 0 Å². The van der Waals surface area contributed by atoms with Gasteiger partial charge < -0.3 is 19.5 Å². The summed E-state index contributed by atoms with van der Waals surface area (Å²) >= 11 is 0. The number of hydrogen-bond donors (Lipinski definition) is 2. The molecule has 8 nitrogen and oxygen atoms in total. The fraction of sp³-hybridized carbons (Fsp3) is 0.581. The molecule has 0 spiro atoms. The van der Waals surface area contributed by atoms with Crippen molar-refractivity contribution in [1.29, 1.82) is 0 Å². The second kappa shape index (κ2) is 16.3. The molecule has 1 aliphatic rings. The lowest BCUT2D eigenvalue weighted by molar-refractivity contribution is 0.0678. The Kier molecular flexibility index (Phi) is 13.1. The van der Waals surface area contributed by atoms with Gasteiger partial charge in [0.05, 0.1) is 30.5 Å². The van der Waals surface area contributed by atoms with Crippen molar-refractivity contribution in [3.63, 3.8) is 0 Å². The molecular formula is C31H45N3O5S2. The number of aryl methyl sites for hydroxylation is 1. The lowest BCUT2D eigenvalue weighted by atomic mass is 9.89. The van der Waals surface area contributed by atoms with Gasteiger partial charge in [0, 0.05) is 24.1 Å².